The molecule has 0 aromatic heterocycles. The van der Waals surface area contributed by atoms with Crippen LogP contribution in [-0.4, -0.2) is 24.2 Å². The monoisotopic (exact) mass is 305 g/mol. The molecule has 1 aromatic rings. The van der Waals surface area contributed by atoms with Crippen molar-refractivity contribution in [3.05, 3.63) is 33.3 Å². The van der Waals surface area contributed by atoms with Crippen LogP contribution in [0.3, 0.4) is 0 Å². The van der Waals surface area contributed by atoms with Crippen molar-refractivity contribution < 1.29 is 9.90 Å². The van der Waals surface area contributed by atoms with E-state index in [2.05, 4.69) is 21.2 Å². The molecule has 1 amide bonds. The Bertz CT molecular complexity index is 371. The zero-order valence-electron chi connectivity index (χ0n) is 8.67. The summed E-state index contributed by atoms with van der Waals surface area (Å²) in [6.07, 6.45) is 0.886. The van der Waals surface area contributed by atoms with Crippen LogP contribution in [0.1, 0.15) is 12.0 Å². The Balaban J connectivity index is 2.49. The van der Waals surface area contributed by atoms with Gasteiger partial charge < -0.3 is 10.4 Å². The van der Waals surface area contributed by atoms with Gasteiger partial charge in [0.1, 0.15) is 0 Å². The molecular weight excluding hydrogens is 293 g/mol. The Hall–Kier alpha value is -0.580. The van der Waals surface area contributed by atoms with Gasteiger partial charge in [0.05, 0.1) is 6.42 Å². The van der Waals surface area contributed by atoms with Crippen molar-refractivity contribution in [2.75, 3.05) is 13.2 Å². The van der Waals surface area contributed by atoms with Crippen molar-refractivity contribution in [2.45, 2.75) is 12.8 Å². The van der Waals surface area contributed by atoms with Gasteiger partial charge in [0.15, 0.2) is 0 Å². The Labute approximate surface area is 108 Å². The number of amides is 1. The third-order valence-corrected chi connectivity index (χ3v) is 3.00. The fourth-order valence-corrected chi connectivity index (χ4v) is 2.03. The molecule has 0 bridgehead atoms. The highest BCUT2D eigenvalue weighted by Gasteiger charge is 2.06. The molecule has 0 aliphatic rings. The fraction of sp³-hybridized carbons (Fsp3) is 0.364. The van der Waals surface area contributed by atoms with Gasteiger partial charge in [-0.1, -0.05) is 33.6 Å². The van der Waals surface area contributed by atoms with Crippen molar-refractivity contribution in [3.8, 4) is 0 Å². The lowest BCUT2D eigenvalue weighted by Crippen LogP contribution is -2.26. The lowest BCUT2D eigenvalue weighted by Gasteiger charge is -2.06. The number of benzene rings is 1. The molecule has 0 aliphatic heterocycles. The fourth-order valence-electron chi connectivity index (χ4n) is 1.21. The molecule has 1 rings (SSSR count). The van der Waals surface area contributed by atoms with E-state index in [-0.39, 0.29) is 12.5 Å². The molecule has 88 valence electrons. The minimum Gasteiger partial charge on any atom is -0.396 e. The minimum atomic E-state index is -0.0588. The summed E-state index contributed by atoms with van der Waals surface area (Å²) in [5.41, 5.74) is 0.894. The Morgan fingerprint density at radius 1 is 1.50 bits per heavy atom. The molecule has 0 heterocycles. The highest BCUT2D eigenvalue weighted by atomic mass is 79.9. The van der Waals surface area contributed by atoms with E-state index in [4.69, 9.17) is 16.7 Å². The second-order valence-corrected chi connectivity index (χ2v) is 4.63. The maximum Gasteiger partial charge on any atom is 0.224 e. The normalized spacial score (nSPS) is 10.2. The van der Waals surface area contributed by atoms with Crippen molar-refractivity contribution in [1.29, 1.82) is 0 Å². The second kappa shape index (κ2) is 6.89. The molecule has 0 saturated heterocycles. The number of rotatable bonds is 5. The van der Waals surface area contributed by atoms with Gasteiger partial charge in [0, 0.05) is 22.6 Å². The lowest BCUT2D eigenvalue weighted by atomic mass is 10.1. The molecule has 1 aromatic carbocycles. The number of hydrogen-bond acceptors (Lipinski definition) is 2. The third kappa shape index (κ3) is 4.51. The first-order valence-corrected chi connectivity index (χ1v) is 6.12. The van der Waals surface area contributed by atoms with E-state index < -0.39 is 0 Å². The summed E-state index contributed by atoms with van der Waals surface area (Å²) in [6.45, 7) is 0.589. The van der Waals surface area contributed by atoms with Crippen LogP contribution in [0.5, 0.6) is 0 Å². The van der Waals surface area contributed by atoms with Crippen LogP contribution in [0, 0.1) is 0 Å². The molecule has 0 saturated carbocycles. The van der Waals surface area contributed by atoms with E-state index in [0.717, 1.165) is 10.0 Å². The molecule has 0 aliphatic carbocycles. The van der Waals surface area contributed by atoms with Crippen LogP contribution in [0.15, 0.2) is 22.7 Å². The molecule has 2 N–H and O–H groups in total. The van der Waals surface area contributed by atoms with E-state index >= 15 is 0 Å². The van der Waals surface area contributed by atoms with Crippen LogP contribution in [0.4, 0.5) is 0 Å². The lowest BCUT2D eigenvalue weighted by molar-refractivity contribution is -0.120. The third-order valence-electron chi connectivity index (χ3n) is 2.02. The summed E-state index contributed by atoms with van der Waals surface area (Å²) < 4.78 is 0.831. The molecule has 16 heavy (non-hydrogen) atoms. The molecule has 0 spiro atoms. The van der Waals surface area contributed by atoms with Gasteiger partial charge >= 0.3 is 0 Å². The van der Waals surface area contributed by atoms with Crippen LogP contribution in [0.25, 0.3) is 0 Å². The van der Waals surface area contributed by atoms with E-state index in [1.54, 1.807) is 12.1 Å². The SMILES string of the molecule is O=C(Cc1ccc(Cl)cc1Br)NCCCO. The van der Waals surface area contributed by atoms with Crippen molar-refractivity contribution in [2.24, 2.45) is 0 Å². The van der Waals surface area contributed by atoms with Crippen molar-refractivity contribution >= 4 is 33.4 Å². The van der Waals surface area contributed by atoms with E-state index in [0.29, 0.717) is 24.4 Å². The van der Waals surface area contributed by atoms with Crippen LogP contribution in [0.2, 0.25) is 5.02 Å². The zero-order chi connectivity index (χ0) is 12.0. The van der Waals surface area contributed by atoms with Gasteiger partial charge in [-0.05, 0) is 24.1 Å². The number of halogens is 2. The molecule has 0 unspecified atom stereocenters. The van der Waals surface area contributed by atoms with Gasteiger partial charge in [-0.25, -0.2) is 0 Å². The number of carbonyl (C=O) groups is 1. The zero-order valence-corrected chi connectivity index (χ0v) is 11.0. The highest BCUT2D eigenvalue weighted by molar-refractivity contribution is 9.10. The summed E-state index contributed by atoms with van der Waals surface area (Å²) in [4.78, 5) is 11.5. The van der Waals surface area contributed by atoms with Crippen LogP contribution < -0.4 is 5.32 Å². The molecule has 0 atom stereocenters. The molecule has 3 nitrogen and oxygen atoms in total. The van der Waals surface area contributed by atoms with Gasteiger partial charge in [-0.15, -0.1) is 0 Å². The number of aliphatic hydroxyl groups excluding tert-OH is 1. The first kappa shape index (κ1) is 13.5. The Kier molecular flexibility index (Phi) is 5.80. The van der Waals surface area contributed by atoms with E-state index in [1.165, 1.54) is 0 Å². The van der Waals surface area contributed by atoms with Crippen molar-refractivity contribution in [3.63, 3.8) is 0 Å². The summed E-state index contributed by atoms with van der Waals surface area (Å²) >= 11 is 9.15. The summed E-state index contributed by atoms with van der Waals surface area (Å²) in [6, 6.07) is 5.33. The van der Waals surface area contributed by atoms with Crippen LogP contribution in [-0.2, 0) is 11.2 Å². The minimum absolute atomic E-state index is 0.0588. The molecule has 5 heteroatoms. The number of aliphatic hydroxyl groups is 1. The maximum atomic E-state index is 11.5. The van der Waals surface area contributed by atoms with Gasteiger partial charge in [-0.3, -0.25) is 4.79 Å². The average Bonchev–Trinajstić information content (AvgIpc) is 2.23. The predicted octanol–water partition coefficient (Wildman–Crippen LogP) is 2.14. The predicted molar refractivity (Wildman–Crippen MR) is 67.6 cm³/mol. The second-order valence-electron chi connectivity index (χ2n) is 3.34. The van der Waals surface area contributed by atoms with Gasteiger partial charge in [-0.2, -0.15) is 0 Å². The van der Waals surface area contributed by atoms with E-state index in [9.17, 15) is 4.79 Å². The molecule has 0 radical (unpaired) electrons. The molecular formula is C11H13BrClNO2. The number of carbonyl (C=O) groups excluding carboxylic acids is 1. The average molecular weight is 307 g/mol. The number of nitrogens with one attached hydrogen (secondary N) is 1. The Morgan fingerprint density at radius 3 is 2.88 bits per heavy atom. The van der Waals surface area contributed by atoms with Crippen molar-refractivity contribution in [1.82, 2.24) is 5.32 Å². The first-order chi connectivity index (χ1) is 7.63. The number of hydrogen-bond donors (Lipinski definition) is 2. The quantitative estimate of drug-likeness (QED) is 0.819. The standard InChI is InChI=1S/C11H13BrClNO2/c12-10-7-9(13)3-2-8(10)6-11(16)14-4-1-5-15/h2-3,7,15H,1,4-6H2,(H,14,16). The topological polar surface area (TPSA) is 49.3 Å². The maximum absolute atomic E-state index is 11.5. The smallest absolute Gasteiger partial charge is 0.224 e. The summed E-state index contributed by atoms with van der Waals surface area (Å²) in [5, 5.41) is 11.9. The summed E-state index contributed by atoms with van der Waals surface area (Å²) in [7, 11) is 0. The highest BCUT2D eigenvalue weighted by Crippen LogP contribution is 2.21. The van der Waals surface area contributed by atoms with Crippen LogP contribution >= 0.6 is 27.5 Å². The van der Waals surface area contributed by atoms with E-state index in [1.807, 2.05) is 6.07 Å². The van der Waals surface area contributed by atoms with Gasteiger partial charge in [0.25, 0.3) is 0 Å². The first-order valence-electron chi connectivity index (χ1n) is 4.95. The largest absolute Gasteiger partial charge is 0.396 e. The summed E-state index contributed by atoms with van der Waals surface area (Å²) in [5.74, 6) is -0.0588. The van der Waals surface area contributed by atoms with Gasteiger partial charge in [0.2, 0.25) is 5.91 Å². The Morgan fingerprint density at radius 2 is 2.25 bits per heavy atom. The molecule has 0 fully saturated rings.